The molecule has 0 bridgehead atoms. The largest absolute Gasteiger partial charge is 0.496 e. The van der Waals surface area contributed by atoms with Crippen LogP contribution in [0.3, 0.4) is 0 Å². The van der Waals surface area contributed by atoms with Crippen LogP contribution in [0.4, 0.5) is 0 Å². The first kappa shape index (κ1) is 17.0. The van der Waals surface area contributed by atoms with Gasteiger partial charge in [-0.3, -0.25) is 14.2 Å². The third-order valence-electron chi connectivity index (χ3n) is 3.63. The summed E-state index contributed by atoms with van der Waals surface area (Å²) in [6.07, 6.45) is 8.34. The van der Waals surface area contributed by atoms with E-state index in [2.05, 4.69) is 10.2 Å². The summed E-state index contributed by atoms with van der Waals surface area (Å²) < 4.78 is 8.73. The number of aromatic nitrogens is 4. The number of hydrogen-bond acceptors (Lipinski definition) is 4. The second kappa shape index (κ2) is 7.36. The third-order valence-corrected chi connectivity index (χ3v) is 3.83. The zero-order valence-corrected chi connectivity index (χ0v) is 14.6. The van der Waals surface area contributed by atoms with Crippen molar-refractivity contribution >= 4 is 23.5 Å². The molecule has 3 rings (SSSR count). The lowest BCUT2D eigenvalue weighted by molar-refractivity contribution is 0.104. The van der Waals surface area contributed by atoms with Crippen molar-refractivity contribution in [3.05, 3.63) is 70.8 Å². The van der Waals surface area contributed by atoms with Crippen molar-refractivity contribution in [3.8, 4) is 5.75 Å². The molecule has 7 heteroatoms. The minimum absolute atomic E-state index is 0.142. The van der Waals surface area contributed by atoms with E-state index < -0.39 is 0 Å². The summed E-state index contributed by atoms with van der Waals surface area (Å²) in [7, 11) is 3.40. The van der Waals surface area contributed by atoms with Crippen LogP contribution in [0.1, 0.15) is 21.6 Å². The molecule has 0 N–H and O–H groups in total. The second-order valence-corrected chi connectivity index (χ2v) is 5.94. The van der Waals surface area contributed by atoms with E-state index in [9.17, 15) is 4.79 Å². The molecule has 0 aliphatic rings. The molecule has 25 heavy (non-hydrogen) atoms. The lowest BCUT2D eigenvalue weighted by Crippen LogP contribution is -2.02. The maximum Gasteiger partial charge on any atom is 0.206 e. The Morgan fingerprint density at radius 1 is 1.36 bits per heavy atom. The fourth-order valence-corrected chi connectivity index (χ4v) is 2.59. The second-order valence-electron chi connectivity index (χ2n) is 5.50. The number of carbonyl (C=O) groups excluding carboxylic acids is 1. The molecular weight excluding hydrogens is 340 g/mol. The number of allylic oxidation sites excluding steroid dienone is 1. The van der Waals surface area contributed by atoms with Gasteiger partial charge < -0.3 is 4.74 Å². The first-order valence-electron chi connectivity index (χ1n) is 7.62. The minimum Gasteiger partial charge on any atom is -0.496 e. The molecule has 0 atom stereocenters. The maximum absolute atomic E-state index is 12.1. The number of halogens is 1. The zero-order valence-electron chi connectivity index (χ0n) is 13.9. The number of aryl methyl sites for hydroxylation is 1. The number of rotatable bonds is 6. The van der Waals surface area contributed by atoms with Gasteiger partial charge in [0.25, 0.3) is 0 Å². The summed E-state index contributed by atoms with van der Waals surface area (Å²) >= 11 is 5.91. The Balaban J connectivity index is 1.81. The van der Waals surface area contributed by atoms with Crippen molar-refractivity contribution in [1.29, 1.82) is 0 Å². The maximum atomic E-state index is 12.1. The van der Waals surface area contributed by atoms with Gasteiger partial charge in [-0.1, -0.05) is 23.7 Å². The van der Waals surface area contributed by atoms with Crippen molar-refractivity contribution in [2.45, 2.75) is 6.54 Å². The summed E-state index contributed by atoms with van der Waals surface area (Å²) in [5.41, 5.74) is 2.24. The van der Waals surface area contributed by atoms with Crippen LogP contribution in [0, 0.1) is 0 Å². The standard InChI is InChI=1S/C18H17ClN4O2/c1-22-8-7-16(21-22)17(24)5-3-13-4-6-18(25-2)14(9-13)11-23-12-15(19)10-20-23/h3-10,12H,11H2,1-2H3/b5-3+. The lowest BCUT2D eigenvalue weighted by atomic mass is 10.1. The van der Waals surface area contributed by atoms with E-state index in [1.807, 2.05) is 18.2 Å². The summed E-state index contributed by atoms with van der Waals surface area (Å²) in [6.45, 7) is 0.520. The molecule has 0 saturated carbocycles. The molecule has 0 fully saturated rings. The minimum atomic E-state index is -0.142. The highest BCUT2D eigenvalue weighted by Crippen LogP contribution is 2.22. The predicted molar refractivity (Wildman–Crippen MR) is 95.9 cm³/mol. The highest BCUT2D eigenvalue weighted by molar-refractivity contribution is 6.30. The average molecular weight is 357 g/mol. The van der Waals surface area contributed by atoms with Crippen LogP contribution in [0.25, 0.3) is 6.08 Å². The molecule has 0 radical (unpaired) electrons. The van der Waals surface area contributed by atoms with Crippen LogP contribution >= 0.6 is 11.6 Å². The Kier molecular flexibility index (Phi) is 5.00. The summed E-state index contributed by atoms with van der Waals surface area (Å²) in [5.74, 6) is 0.608. The Hall–Kier alpha value is -2.86. The molecule has 6 nitrogen and oxygen atoms in total. The van der Waals surface area contributed by atoms with Crippen molar-refractivity contribution in [2.24, 2.45) is 7.05 Å². The zero-order chi connectivity index (χ0) is 17.8. The molecule has 2 heterocycles. The van der Waals surface area contributed by atoms with E-state index in [1.54, 1.807) is 54.3 Å². The molecule has 0 amide bonds. The Labute approximate surface area is 150 Å². The van der Waals surface area contributed by atoms with Gasteiger partial charge >= 0.3 is 0 Å². The van der Waals surface area contributed by atoms with Crippen LogP contribution in [-0.2, 0) is 13.6 Å². The molecule has 128 valence electrons. The van der Waals surface area contributed by atoms with Crippen molar-refractivity contribution in [2.75, 3.05) is 7.11 Å². The van der Waals surface area contributed by atoms with Crippen molar-refractivity contribution < 1.29 is 9.53 Å². The molecule has 0 saturated heterocycles. The predicted octanol–water partition coefficient (Wildman–Crippen LogP) is 3.22. The normalized spacial score (nSPS) is 11.2. The van der Waals surface area contributed by atoms with Crippen LogP contribution < -0.4 is 4.74 Å². The number of ketones is 1. The van der Waals surface area contributed by atoms with Gasteiger partial charge in [0.2, 0.25) is 5.78 Å². The van der Waals surface area contributed by atoms with Gasteiger partial charge in [-0.05, 0) is 29.8 Å². The topological polar surface area (TPSA) is 61.9 Å². The quantitative estimate of drug-likeness (QED) is 0.502. The Morgan fingerprint density at radius 3 is 2.84 bits per heavy atom. The summed E-state index contributed by atoms with van der Waals surface area (Å²) in [6, 6.07) is 7.40. The molecule has 0 aliphatic carbocycles. The number of nitrogens with zero attached hydrogens (tertiary/aromatic N) is 4. The van der Waals surface area contributed by atoms with Gasteiger partial charge in [-0.15, -0.1) is 0 Å². The van der Waals surface area contributed by atoms with Gasteiger partial charge in [-0.25, -0.2) is 0 Å². The van der Waals surface area contributed by atoms with E-state index in [0.29, 0.717) is 17.3 Å². The van der Waals surface area contributed by atoms with Gasteiger partial charge in [0.05, 0.1) is 24.9 Å². The fraction of sp³-hybridized carbons (Fsp3) is 0.167. The number of carbonyl (C=O) groups is 1. The highest BCUT2D eigenvalue weighted by atomic mass is 35.5. The number of methoxy groups -OCH3 is 1. The van der Waals surface area contributed by atoms with Crippen molar-refractivity contribution in [1.82, 2.24) is 19.6 Å². The number of hydrogen-bond donors (Lipinski definition) is 0. The molecule has 0 aliphatic heterocycles. The van der Waals surface area contributed by atoms with Crippen LogP contribution in [0.15, 0.2) is 48.9 Å². The van der Waals surface area contributed by atoms with E-state index >= 15 is 0 Å². The molecule has 3 aromatic rings. The lowest BCUT2D eigenvalue weighted by Gasteiger charge is -2.09. The number of ether oxygens (including phenoxy) is 1. The first-order chi connectivity index (χ1) is 12.0. The van der Waals surface area contributed by atoms with Gasteiger partial charge in [0.1, 0.15) is 11.4 Å². The van der Waals surface area contributed by atoms with E-state index in [1.165, 1.54) is 6.08 Å². The van der Waals surface area contributed by atoms with Crippen LogP contribution in [0.5, 0.6) is 5.75 Å². The van der Waals surface area contributed by atoms with Gasteiger partial charge in [0, 0.05) is 25.0 Å². The SMILES string of the molecule is COc1ccc(/C=C/C(=O)c2ccn(C)n2)cc1Cn1cc(Cl)cn1. The van der Waals surface area contributed by atoms with E-state index in [-0.39, 0.29) is 5.78 Å². The molecule has 0 unspecified atom stereocenters. The summed E-state index contributed by atoms with van der Waals surface area (Å²) in [4.78, 5) is 12.1. The molecular formula is C18H17ClN4O2. The average Bonchev–Trinajstić information content (AvgIpc) is 3.21. The fourth-order valence-electron chi connectivity index (χ4n) is 2.43. The third kappa shape index (κ3) is 4.16. The monoisotopic (exact) mass is 356 g/mol. The Bertz CT molecular complexity index is 927. The van der Waals surface area contributed by atoms with E-state index in [0.717, 1.165) is 16.9 Å². The smallest absolute Gasteiger partial charge is 0.206 e. The van der Waals surface area contributed by atoms with E-state index in [4.69, 9.17) is 16.3 Å². The summed E-state index contributed by atoms with van der Waals surface area (Å²) in [5, 5.41) is 8.86. The first-order valence-corrected chi connectivity index (χ1v) is 8.00. The number of benzene rings is 1. The van der Waals surface area contributed by atoms with Crippen LogP contribution in [0.2, 0.25) is 5.02 Å². The van der Waals surface area contributed by atoms with Gasteiger partial charge in [-0.2, -0.15) is 10.2 Å². The molecule has 2 aromatic heterocycles. The molecule has 1 aromatic carbocycles. The van der Waals surface area contributed by atoms with Crippen LogP contribution in [-0.4, -0.2) is 32.5 Å². The van der Waals surface area contributed by atoms with Crippen molar-refractivity contribution in [3.63, 3.8) is 0 Å². The van der Waals surface area contributed by atoms with Gasteiger partial charge in [0.15, 0.2) is 0 Å². The Morgan fingerprint density at radius 2 is 2.20 bits per heavy atom. The highest BCUT2D eigenvalue weighted by Gasteiger charge is 2.07. The molecule has 0 spiro atoms.